The molecule has 0 aliphatic heterocycles. The number of para-hydroxylation sites is 3. The number of amides is 1. The number of ether oxygens (including phenoxy) is 1. The van der Waals surface area contributed by atoms with Gasteiger partial charge in [-0.3, -0.25) is 14.9 Å². The van der Waals surface area contributed by atoms with Gasteiger partial charge in [0, 0.05) is 24.8 Å². The van der Waals surface area contributed by atoms with Crippen molar-refractivity contribution < 1.29 is 14.5 Å². The number of carbonyl (C=O) groups excluding carboxylic acids is 1. The predicted molar refractivity (Wildman–Crippen MR) is 127 cm³/mol. The van der Waals surface area contributed by atoms with Gasteiger partial charge in [0.05, 0.1) is 4.92 Å². The minimum absolute atomic E-state index is 0.130. The monoisotopic (exact) mass is 469 g/mol. The quantitative estimate of drug-likeness (QED) is 0.227. The van der Waals surface area contributed by atoms with E-state index in [9.17, 15) is 14.9 Å². The second kappa shape index (κ2) is 12.0. The second-order valence-corrected chi connectivity index (χ2v) is 8.82. The maximum atomic E-state index is 12.3. The van der Waals surface area contributed by atoms with E-state index in [0.29, 0.717) is 18.3 Å². The normalized spacial score (nSPS) is 10.9. The maximum Gasteiger partial charge on any atom is 0.292 e. The van der Waals surface area contributed by atoms with Gasteiger partial charge in [-0.1, -0.05) is 55.9 Å². The fourth-order valence-corrected chi connectivity index (χ4v) is 3.92. The van der Waals surface area contributed by atoms with E-state index in [4.69, 9.17) is 4.74 Å². The fourth-order valence-electron chi connectivity index (χ4n) is 3.00. The number of carbonyl (C=O) groups is 1. The molecule has 0 spiro atoms. The predicted octanol–water partition coefficient (Wildman–Crippen LogP) is 4.93. The summed E-state index contributed by atoms with van der Waals surface area (Å²) in [6.07, 6.45) is 1.14. The van der Waals surface area contributed by atoms with Crippen molar-refractivity contribution in [3.63, 3.8) is 0 Å². The summed E-state index contributed by atoms with van der Waals surface area (Å²) in [4.78, 5) is 22.9. The van der Waals surface area contributed by atoms with Crippen LogP contribution in [-0.4, -0.2) is 31.3 Å². The third-order valence-corrected chi connectivity index (χ3v) is 5.74. The lowest BCUT2D eigenvalue weighted by molar-refractivity contribution is -0.383. The number of nitro benzene ring substituents is 1. The highest BCUT2D eigenvalue weighted by Crippen LogP contribution is 2.24. The van der Waals surface area contributed by atoms with E-state index < -0.39 is 4.92 Å². The summed E-state index contributed by atoms with van der Waals surface area (Å²) in [5.74, 6) is 2.17. The van der Waals surface area contributed by atoms with Gasteiger partial charge < -0.3 is 14.6 Å². The number of anilines is 1. The van der Waals surface area contributed by atoms with Gasteiger partial charge in [-0.15, -0.1) is 10.2 Å². The van der Waals surface area contributed by atoms with Gasteiger partial charge in [0.2, 0.25) is 5.91 Å². The molecule has 33 heavy (non-hydrogen) atoms. The van der Waals surface area contributed by atoms with E-state index in [1.54, 1.807) is 12.1 Å². The van der Waals surface area contributed by atoms with Crippen molar-refractivity contribution in [3.8, 4) is 5.75 Å². The lowest BCUT2D eigenvalue weighted by Crippen LogP contribution is -2.14. The number of hydrogen-bond donors (Lipinski definition) is 1. The Morgan fingerprint density at radius 3 is 2.61 bits per heavy atom. The highest BCUT2D eigenvalue weighted by Gasteiger charge is 2.17. The molecule has 0 aliphatic carbocycles. The third kappa shape index (κ3) is 7.31. The number of thioether (sulfide) groups is 1. The minimum Gasteiger partial charge on any atom is -0.486 e. The van der Waals surface area contributed by atoms with E-state index in [0.717, 1.165) is 29.7 Å². The van der Waals surface area contributed by atoms with E-state index in [1.165, 1.54) is 23.9 Å². The Bertz CT molecular complexity index is 1070. The van der Waals surface area contributed by atoms with Gasteiger partial charge in [0.15, 0.2) is 11.0 Å². The van der Waals surface area contributed by atoms with E-state index in [-0.39, 0.29) is 23.7 Å². The summed E-state index contributed by atoms with van der Waals surface area (Å²) < 4.78 is 7.88. The van der Waals surface area contributed by atoms with Crippen LogP contribution in [0.15, 0.2) is 59.8 Å². The van der Waals surface area contributed by atoms with Crippen LogP contribution in [0.1, 0.15) is 32.5 Å². The topological polar surface area (TPSA) is 112 Å². The highest BCUT2D eigenvalue weighted by atomic mass is 32.2. The summed E-state index contributed by atoms with van der Waals surface area (Å²) in [5, 5.41) is 23.1. The molecule has 2 aromatic carbocycles. The van der Waals surface area contributed by atoms with Crippen molar-refractivity contribution in [1.82, 2.24) is 14.8 Å². The fraction of sp³-hybridized carbons (Fsp3) is 0.348. The minimum atomic E-state index is -0.513. The van der Waals surface area contributed by atoms with Gasteiger partial charge in [0.25, 0.3) is 5.69 Å². The van der Waals surface area contributed by atoms with Crippen molar-refractivity contribution in [1.29, 1.82) is 0 Å². The summed E-state index contributed by atoms with van der Waals surface area (Å²) in [5.41, 5.74) is 0.0629. The Labute approximate surface area is 196 Å². The van der Waals surface area contributed by atoms with Crippen LogP contribution < -0.4 is 10.1 Å². The van der Waals surface area contributed by atoms with Crippen molar-refractivity contribution in [2.24, 2.45) is 5.92 Å². The lowest BCUT2D eigenvalue weighted by atomic mass is 10.1. The number of nitrogens with one attached hydrogen (secondary N) is 1. The van der Waals surface area contributed by atoms with Crippen molar-refractivity contribution in [2.75, 3.05) is 11.1 Å². The molecule has 1 amide bonds. The smallest absolute Gasteiger partial charge is 0.292 e. The molecule has 1 heterocycles. The Kier molecular flexibility index (Phi) is 8.82. The van der Waals surface area contributed by atoms with E-state index >= 15 is 0 Å². The number of rotatable bonds is 12. The molecule has 1 N–H and O–H groups in total. The van der Waals surface area contributed by atoms with Crippen LogP contribution in [-0.2, 0) is 17.9 Å². The average molecular weight is 470 g/mol. The van der Waals surface area contributed by atoms with Crippen LogP contribution >= 0.6 is 11.8 Å². The highest BCUT2D eigenvalue weighted by molar-refractivity contribution is 7.99. The molecule has 0 fully saturated rings. The zero-order valence-corrected chi connectivity index (χ0v) is 19.5. The lowest BCUT2D eigenvalue weighted by Gasteiger charge is -2.12. The Balaban J connectivity index is 1.59. The first-order chi connectivity index (χ1) is 15.9. The van der Waals surface area contributed by atoms with Crippen LogP contribution in [0.25, 0.3) is 0 Å². The molecule has 0 aliphatic rings. The summed E-state index contributed by atoms with van der Waals surface area (Å²) in [7, 11) is 0. The first kappa shape index (κ1) is 24.2. The molecule has 3 aromatic rings. The molecule has 0 saturated carbocycles. The number of hydrogen-bond acceptors (Lipinski definition) is 7. The van der Waals surface area contributed by atoms with Gasteiger partial charge in [-0.2, -0.15) is 0 Å². The molecular weight excluding hydrogens is 442 g/mol. The Morgan fingerprint density at radius 2 is 1.88 bits per heavy atom. The third-order valence-electron chi connectivity index (χ3n) is 4.77. The molecule has 174 valence electrons. The Morgan fingerprint density at radius 1 is 1.15 bits per heavy atom. The molecule has 1 aromatic heterocycles. The summed E-state index contributed by atoms with van der Waals surface area (Å²) in [6.45, 7) is 5.37. The van der Waals surface area contributed by atoms with Crippen LogP contribution in [0.5, 0.6) is 5.75 Å². The average Bonchev–Trinajstić information content (AvgIpc) is 3.18. The molecule has 0 radical (unpaired) electrons. The number of aromatic nitrogens is 3. The first-order valence-electron chi connectivity index (χ1n) is 10.7. The summed E-state index contributed by atoms with van der Waals surface area (Å²) in [6, 6.07) is 15.6. The SMILES string of the molecule is CC(C)CCn1c(COc2ccccc2)nnc1SCCC(=O)Nc1ccccc1[N+](=O)[O-]. The van der Waals surface area contributed by atoms with Crippen LogP contribution in [0.2, 0.25) is 0 Å². The van der Waals surface area contributed by atoms with Gasteiger partial charge in [-0.25, -0.2) is 0 Å². The maximum absolute atomic E-state index is 12.3. The Hall–Kier alpha value is -3.40. The van der Waals surface area contributed by atoms with Crippen molar-refractivity contribution in [3.05, 3.63) is 70.5 Å². The van der Waals surface area contributed by atoms with Crippen molar-refractivity contribution >= 4 is 29.0 Å². The zero-order chi connectivity index (χ0) is 23.6. The number of benzene rings is 2. The molecule has 0 atom stereocenters. The summed E-state index contributed by atoms with van der Waals surface area (Å²) >= 11 is 1.43. The molecule has 0 bridgehead atoms. The van der Waals surface area contributed by atoms with Gasteiger partial charge >= 0.3 is 0 Å². The van der Waals surface area contributed by atoms with Crippen LogP contribution in [0.3, 0.4) is 0 Å². The molecule has 9 nitrogen and oxygen atoms in total. The van der Waals surface area contributed by atoms with Crippen LogP contribution in [0, 0.1) is 16.0 Å². The number of nitrogens with zero attached hydrogens (tertiary/aromatic N) is 4. The largest absolute Gasteiger partial charge is 0.486 e. The molecule has 0 unspecified atom stereocenters. The second-order valence-electron chi connectivity index (χ2n) is 7.76. The first-order valence-corrected chi connectivity index (χ1v) is 11.7. The van der Waals surface area contributed by atoms with Gasteiger partial charge in [0.1, 0.15) is 18.0 Å². The van der Waals surface area contributed by atoms with Crippen LogP contribution in [0.4, 0.5) is 11.4 Å². The molecular formula is C23H27N5O4S. The van der Waals surface area contributed by atoms with E-state index in [2.05, 4.69) is 29.4 Å². The number of nitro groups is 1. The molecule has 3 rings (SSSR count). The van der Waals surface area contributed by atoms with E-state index in [1.807, 2.05) is 34.9 Å². The standard InChI is InChI=1S/C23H27N5O4S/c1-17(2)12-14-27-21(16-32-18-8-4-3-5-9-18)25-26-23(27)33-15-13-22(29)24-19-10-6-7-11-20(19)28(30)31/h3-11,17H,12-16H2,1-2H3,(H,24,29). The molecule has 10 heteroatoms. The molecule has 0 saturated heterocycles. The zero-order valence-electron chi connectivity index (χ0n) is 18.6. The van der Waals surface area contributed by atoms with Crippen molar-refractivity contribution in [2.45, 2.75) is 45.0 Å². The van der Waals surface area contributed by atoms with Gasteiger partial charge in [-0.05, 0) is 30.5 Å².